The smallest absolute Gasteiger partial charge is 0.240 e. The summed E-state index contributed by atoms with van der Waals surface area (Å²) in [6, 6.07) is 5.96. The minimum absolute atomic E-state index is 0.00473. The predicted octanol–water partition coefficient (Wildman–Crippen LogP) is 0.113. The molecule has 2 N–H and O–H groups in total. The fourth-order valence-corrected chi connectivity index (χ4v) is 2.41. The van der Waals surface area contributed by atoms with E-state index < -0.39 is 10.0 Å². The second-order valence-electron chi connectivity index (χ2n) is 3.80. The van der Waals surface area contributed by atoms with E-state index in [1.165, 1.54) is 19.2 Å². The Morgan fingerprint density at radius 2 is 2.00 bits per heavy atom. The Balaban J connectivity index is 2.53. The van der Waals surface area contributed by atoms with E-state index in [-0.39, 0.29) is 30.3 Å². The number of nitrogens with one attached hydrogen (secondary N) is 2. The van der Waals surface area contributed by atoms with Gasteiger partial charge >= 0.3 is 0 Å². The van der Waals surface area contributed by atoms with Crippen LogP contribution >= 0.6 is 0 Å². The first-order valence-corrected chi connectivity index (χ1v) is 7.32. The van der Waals surface area contributed by atoms with Crippen LogP contribution in [0.4, 0.5) is 0 Å². The van der Waals surface area contributed by atoms with Crippen LogP contribution in [0.15, 0.2) is 29.2 Å². The molecule has 20 heavy (non-hydrogen) atoms. The highest BCUT2D eigenvalue weighted by molar-refractivity contribution is 7.89. The van der Waals surface area contributed by atoms with Gasteiger partial charge in [0.15, 0.2) is 0 Å². The second kappa shape index (κ2) is 7.53. The largest absolute Gasteiger partial charge is 0.497 e. The Morgan fingerprint density at radius 3 is 2.55 bits per heavy atom. The van der Waals surface area contributed by atoms with Crippen molar-refractivity contribution in [2.24, 2.45) is 0 Å². The molecule has 1 amide bonds. The zero-order valence-electron chi connectivity index (χ0n) is 11.0. The Labute approximate surface area is 118 Å². The van der Waals surface area contributed by atoms with E-state index >= 15 is 0 Å². The number of carbonyl (C=O) groups is 1. The van der Waals surface area contributed by atoms with Gasteiger partial charge in [0.05, 0.1) is 18.6 Å². The summed E-state index contributed by atoms with van der Waals surface area (Å²) in [6.45, 7) is 0.134. The molecule has 0 unspecified atom stereocenters. The van der Waals surface area contributed by atoms with E-state index in [0.717, 1.165) is 0 Å². The molecular formula is C13H16N2O4S. The molecule has 0 fully saturated rings. The van der Waals surface area contributed by atoms with Crippen molar-refractivity contribution in [3.05, 3.63) is 24.3 Å². The summed E-state index contributed by atoms with van der Waals surface area (Å²) in [5, 5.41) is 2.45. The summed E-state index contributed by atoms with van der Waals surface area (Å²) >= 11 is 0. The Hall–Kier alpha value is -2.04. The maximum Gasteiger partial charge on any atom is 0.240 e. The normalized spacial score (nSPS) is 10.6. The van der Waals surface area contributed by atoms with Crippen molar-refractivity contribution in [2.75, 3.05) is 20.2 Å². The molecule has 0 spiro atoms. The zero-order chi connectivity index (χ0) is 15.0. The van der Waals surface area contributed by atoms with Gasteiger partial charge in [-0.05, 0) is 24.3 Å². The summed E-state index contributed by atoms with van der Waals surface area (Å²) in [5.41, 5.74) is 0. The average molecular weight is 296 g/mol. The number of hydrogen-bond acceptors (Lipinski definition) is 4. The van der Waals surface area contributed by atoms with Crippen LogP contribution in [0.25, 0.3) is 0 Å². The Morgan fingerprint density at radius 1 is 1.35 bits per heavy atom. The van der Waals surface area contributed by atoms with Crippen LogP contribution in [0, 0.1) is 12.3 Å². The van der Waals surface area contributed by atoms with Gasteiger partial charge in [-0.25, -0.2) is 13.1 Å². The van der Waals surface area contributed by atoms with Crippen LogP contribution in [0.3, 0.4) is 0 Å². The number of rotatable bonds is 7. The van der Waals surface area contributed by atoms with E-state index in [4.69, 9.17) is 11.2 Å². The molecule has 6 nitrogen and oxygen atoms in total. The van der Waals surface area contributed by atoms with Crippen LogP contribution in [-0.4, -0.2) is 34.5 Å². The summed E-state index contributed by atoms with van der Waals surface area (Å²) < 4.78 is 31.1. The van der Waals surface area contributed by atoms with Gasteiger partial charge < -0.3 is 10.1 Å². The van der Waals surface area contributed by atoms with Crippen molar-refractivity contribution in [3.63, 3.8) is 0 Å². The van der Waals surface area contributed by atoms with E-state index in [1.807, 2.05) is 0 Å². The van der Waals surface area contributed by atoms with Gasteiger partial charge in [0.1, 0.15) is 5.75 Å². The van der Waals surface area contributed by atoms with Crippen molar-refractivity contribution in [1.82, 2.24) is 10.0 Å². The molecule has 108 valence electrons. The maximum atomic E-state index is 11.9. The van der Waals surface area contributed by atoms with Gasteiger partial charge in [-0.2, -0.15) is 0 Å². The van der Waals surface area contributed by atoms with Crippen molar-refractivity contribution >= 4 is 15.9 Å². The minimum atomic E-state index is -3.63. The summed E-state index contributed by atoms with van der Waals surface area (Å²) in [6.07, 6.45) is 5.01. The molecular weight excluding hydrogens is 280 g/mol. The maximum absolute atomic E-state index is 11.9. The zero-order valence-corrected chi connectivity index (χ0v) is 11.9. The molecule has 0 bridgehead atoms. The lowest BCUT2D eigenvalue weighted by Gasteiger charge is -2.07. The van der Waals surface area contributed by atoms with Gasteiger partial charge in [-0.15, -0.1) is 6.42 Å². The lowest BCUT2D eigenvalue weighted by Crippen LogP contribution is -2.30. The molecule has 1 rings (SSSR count). The van der Waals surface area contributed by atoms with Crippen molar-refractivity contribution < 1.29 is 17.9 Å². The second-order valence-corrected chi connectivity index (χ2v) is 5.57. The molecule has 0 saturated heterocycles. The molecule has 0 aliphatic carbocycles. The topological polar surface area (TPSA) is 84.5 Å². The molecule has 0 saturated carbocycles. The minimum Gasteiger partial charge on any atom is -0.497 e. The summed E-state index contributed by atoms with van der Waals surface area (Å²) in [4.78, 5) is 11.4. The van der Waals surface area contributed by atoms with Gasteiger partial charge in [-0.3, -0.25) is 4.79 Å². The number of terminal acetylenes is 1. The molecule has 0 radical (unpaired) electrons. The van der Waals surface area contributed by atoms with Gasteiger partial charge in [0, 0.05) is 13.0 Å². The fraction of sp³-hybridized carbons (Fsp3) is 0.308. The van der Waals surface area contributed by atoms with E-state index in [2.05, 4.69) is 16.0 Å². The molecule has 0 aliphatic rings. The van der Waals surface area contributed by atoms with Crippen molar-refractivity contribution in [2.45, 2.75) is 11.3 Å². The SMILES string of the molecule is C#CCNC(=O)CCNS(=O)(=O)c1ccc(OC)cc1. The number of carbonyl (C=O) groups excluding carboxylic acids is 1. The Bertz CT molecular complexity index is 588. The van der Waals surface area contributed by atoms with Crippen LogP contribution in [0.2, 0.25) is 0 Å². The quantitative estimate of drug-likeness (QED) is 0.700. The van der Waals surface area contributed by atoms with E-state index in [1.54, 1.807) is 12.1 Å². The third kappa shape index (κ3) is 4.91. The summed E-state index contributed by atoms with van der Waals surface area (Å²) in [5.74, 6) is 2.52. The van der Waals surface area contributed by atoms with Gasteiger partial charge in [0.25, 0.3) is 0 Å². The first kappa shape index (κ1) is 16.0. The van der Waals surface area contributed by atoms with E-state index in [9.17, 15) is 13.2 Å². The number of methoxy groups -OCH3 is 1. The van der Waals surface area contributed by atoms with Crippen LogP contribution in [0.5, 0.6) is 5.75 Å². The first-order valence-electron chi connectivity index (χ1n) is 5.83. The highest BCUT2D eigenvalue weighted by Gasteiger charge is 2.13. The fourth-order valence-electron chi connectivity index (χ4n) is 1.38. The van der Waals surface area contributed by atoms with E-state index in [0.29, 0.717) is 5.75 Å². The predicted molar refractivity (Wildman–Crippen MR) is 74.6 cm³/mol. The molecule has 1 aromatic rings. The highest BCUT2D eigenvalue weighted by Crippen LogP contribution is 2.15. The molecule has 1 aromatic carbocycles. The average Bonchev–Trinajstić information content (AvgIpc) is 2.45. The van der Waals surface area contributed by atoms with Crippen molar-refractivity contribution in [3.8, 4) is 18.1 Å². The molecule has 0 aliphatic heterocycles. The molecule has 0 aromatic heterocycles. The lowest BCUT2D eigenvalue weighted by atomic mass is 10.3. The molecule has 0 atom stereocenters. The number of benzene rings is 1. The number of amides is 1. The first-order chi connectivity index (χ1) is 9.49. The molecule has 7 heteroatoms. The molecule has 0 heterocycles. The third-order valence-corrected chi connectivity index (χ3v) is 3.88. The van der Waals surface area contributed by atoms with Crippen LogP contribution < -0.4 is 14.8 Å². The van der Waals surface area contributed by atoms with Crippen LogP contribution in [0.1, 0.15) is 6.42 Å². The number of ether oxygens (including phenoxy) is 1. The highest BCUT2D eigenvalue weighted by atomic mass is 32.2. The third-order valence-electron chi connectivity index (χ3n) is 2.40. The monoisotopic (exact) mass is 296 g/mol. The van der Waals surface area contributed by atoms with Gasteiger partial charge in [-0.1, -0.05) is 5.92 Å². The van der Waals surface area contributed by atoms with Crippen molar-refractivity contribution in [1.29, 1.82) is 0 Å². The number of sulfonamides is 1. The Kier molecular flexibility index (Phi) is 6.03. The van der Waals surface area contributed by atoms with Crippen LogP contribution in [-0.2, 0) is 14.8 Å². The lowest BCUT2D eigenvalue weighted by molar-refractivity contribution is -0.120. The standard InChI is InChI=1S/C13H16N2O4S/c1-3-9-14-13(16)8-10-15-20(17,18)12-6-4-11(19-2)5-7-12/h1,4-7,15H,8-10H2,2H3,(H,14,16). The van der Waals surface area contributed by atoms with Gasteiger partial charge in [0.2, 0.25) is 15.9 Å². The number of hydrogen-bond donors (Lipinski definition) is 2. The summed E-state index contributed by atoms with van der Waals surface area (Å²) in [7, 11) is -2.13.